The van der Waals surface area contributed by atoms with E-state index in [-0.39, 0.29) is 11.5 Å². The average molecular weight is 537 g/mol. The number of hydrogen-bond acceptors (Lipinski definition) is 5. The molecule has 0 fully saturated rings. The van der Waals surface area contributed by atoms with Gasteiger partial charge in [0.15, 0.2) is 0 Å². The molecule has 202 valence electrons. The lowest BCUT2D eigenvalue weighted by Gasteiger charge is -2.13. The van der Waals surface area contributed by atoms with Gasteiger partial charge in [-0.1, -0.05) is 0 Å². The normalized spacial score (nSPS) is 10.8. The number of amides is 2. The van der Waals surface area contributed by atoms with Crippen LogP contribution in [0.2, 0.25) is 0 Å². The summed E-state index contributed by atoms with van der Waals surface area (Å²) in [6.45, 7) is 0. The molecule has 1 aromatic heterocycles. The fourth-order valence-corrected chi connectivity index (χ4v) is 4.28. The quantitative estimate of drug-likeness (QED) is 0.275. The zero-order chi connectivity index (χ0) is 28.4. The highest BCUT2D eigenvalue weighted by Crippen LogP contribution is 2.24. The van der Waals surface area contributed by atoms with E-state index in [0.717, 1.165) is 22.3 Å². The molecule has 0 aliphatic heterocycles. The fourth-order valence-electron chi connectivity index (χ4n) is 4.28. The lowest BCUT2D eigenvalue weighted by molar-refractivity contribution is 0.101. The van der Waals surface area contributed by atoms with Gasteiger partial charge >= 0.3 is 0 Å². The first kappa shape index (κ1) is 26.4. The van der Waals surface area contributed by atoms with E-state index < -0.39 is 11.7 Å². The van der Waals surface area contributed by atoms with Crippen molar-refractivity contribution < 1.29 is 14.0 Å². The first-order chi connectivity index (χ1) is 19.2. The van der Waals surface area contributed by atoms with Crippen LogP contribution in [0.25, 0.3) is 16.6 Å². The molecule has 8 nitrogen and oxygen atoms in total. The van der Waals surface area contributed by atoms with Crippen LogP contribution >= 0.6 is 0 Å². The molecule has 0 unspecified atom stereocenters. The molecule has 0 aliphatic rings. The number of carbonyl (C=O) groups is 2. The summed E-state index contributed by atoms with van der Waals surface area (Å²) in [5.74, 6) is -1.30. The Balaban J connectivity index is 1.28. The molecule has 0 atom stereocenters. The second kappa shape index (κ2) is 10.9. The number of carbonyl (C=O) groups excluding carboxylic acids is 2. The first-order valence-electron chi connectivity index (χ1n) is 12.6. The fraction of sp³-hybridized carbons (Fsp3) is 0.129. The molecule has 4 aromatic carbocycles. The van der Waals surface area contributed by atoms with Crippen LogP contribution in [0.15, 0.2) is 91.1 Å². The minimum absolute atomic E-state index is 0.0266. The second-order valence-corrected chi connectivity index (χ2v) is 9.78. The highest BCUT2D eigenvalue weighted by molar-refractivity contribution is 6.06. The summed E-state index contributed by atoms with van der Waals surface area (Å²) in [5.41, 5.74) is 5.07. The van der Waals surface area contributed by atoms with Gasteiger partial charge in [-0.15, -0.1) is 0 Å². The molecule has 0 bridgehead atoms. The van der Waals surface area contributed by atoms with Gasteiger partial charge in [-0.2, -0.15) is 5.10 Å². The molecule has 5 rings (SSSR count). The van der Waals surface area contributed by atoms with Crippen molar-refractivity contribution >= 4 is 45.5 Å². The summed E-state index contributed by atoms with van der Waals surface area (Å²) in [6, 6.07) is 24.6. The predicted molar refractivity (Wildman–Crippen MR) is 158 cm³/mol. The van der Waals surface area contributed by atoms with Crippen LogP contribution in [0.1, 0.15) is 20.7 Å². The van der Waals surface area contributed by atoms with Crippen molar-refractivity contribution in [3.05, 3.63) is 108 Å². The molecule has 2 N–H and O–H groups in total. The molecule has 0 aliphatic carbocycles. The Labute approximate surface area is 231 Å². The van der Waals surface area contributed by atoms with E-state index in [9.17, 15) is 14.0 Å². The largest absolute Gasteiger partial charge is 0.378 e. The van der Waals surface area contributed by atoms with E-state index in [4.69, 9.17) is 0 Å². The van der Waals surface area contributed by atoms with E-state index in [1.54, 1.807) is 46.1 Å². The van der Waals surface area contributed by atoms with Gasteiger partial charge in [0.05, 0.1) is 23.0 Å². The first-order valence-corrected chi connectivity index (χ1v) is 12.6. The predicted octanol–water partition coefficient (Wildman–Crippen LogP) is 5.80. The maximum atomic E-state index is 14.5. The van der Waals surface area contributed by atoms with Crippen molar-refractivity contribution in [2.24, 2.45) is 0 Å². The van der Waals surface area contributed by atoms with Gasteiger partial charge in [-0.05, 0) is 84.9 Å². The Morgan fingerprint density at radius 3 is 2.00 bits per heavy atom. The van der Waals surface area contributed by atoms with Gasteiger partial charge in [-0.25, -0.2) is 9.07 Å². The van der Waals surface area contributed by atoms with Crippen LogP contribution < -0.4 is 20.4 Å². The third-order valence-corrected chi connectivity index (χ3v) is 6.56. The Hall–Kier alpha value is -5.18. The number of aromatic nitrogens is 2. The van der Waals surface area contributed by atoms with Crippen molar-refractivity contribution in [1.82, 2.24) is 9.78 Å². The summed E-state index contributed by atoms with van der Waals surface area (Å²) in [4.78, 5) is 29.1. The lowest BCUT2D eigenvalue weighted by Crippen LogP contribution is -2.15. The maximum absolute atomic E-state index is 14.5. The van der Waals surface area contributed by atoms with E-state index in [0.29, 0.717) is 22.6 Å². The third kappa shape index (κ3) is 5.49. The molecular formula is C31H29FN6O2. The van der Waals surface area contributed by atoms with Crippen LogP contribution in [0, 0.1) is 5.82 Å². The molecule has 0 spiro atoms. The summed E-state index contributed by atoms with van der Waals surface area (Å²) in [7, 11) is 7.52. The van der Waals surface area contributed by atoms with Crippen LogP contribution in [0.5, 0.6) is 0 Å². The molecule has 40 heavy (non-hydrogen) atoms. The summed E-state index contributed by atoms with van der Waals surface area (Å²) in [6.07, 6.45) is 1.73. The van der Waals surface area contributed by atoms with Crippen molar-refractivity contribution in [3.63, 3.8) is 0 Å². The number of benzene rings is 4. The molecule has 2 amide bonds. The van der Waals surface area contributed by atoms with Crippen molar-refractivity contribution in [3.8, 4) is 5.69 Å². The van der Waals surface area contributed by atoms with Gasteiger partial charge in [-0.3, -0.25) is 9.59 Å². The highest BCUT2D eigenvalue weighted by Gasteiger charge is 2.14. The molecule has 1 heterocycles. The van der Waals surface area contributed by atoms with E-state index >= 15 is 0 Å². The Morgan fingerprint density at radius 1 is 0.725 bits per heavy atom. The number of halogens is 1. The third-order valence-electron chi connectivity index (χ3n) is 6.56. The smallest absolute Gasteiger partial charge is 0.258 e. The van der Waals surface area contributed by atoms with Crippen LogP contribution in [0.4, 0.5) is 27.1 Å². The molecule has 9 heteroatoms. The van der Waals surface area contributed by atoms with Gasteiger partial charge in [0.25, 0.3) is 11.8 Å². The number of hydrogen-bond donors (Lipinski definition) is 2. The Bertz CT molecular complexity index is 1690. The number of nitrogens with one attached hydrogen (secondary N) is 2. The monoisotopic (exact) mass is 536 g/mol. The zero-order valence-corrected chi connectivity index (χ0v) is 22.6. The zero-order valence-electron chi connectivity index (χ0n) is 22.6. The van der Waals surface area contributed by atoms with E-state index in [1.165, 1.54) is 12.1 Å². The SMILES string of the molecule is CN(C)c1ccc(C(=O)Nc2ccc3c(cnn3-c3ccc(NC(=O)c4ccc(N(C)C)cc4F)cc3)c2)cc1. The molecular weight excluding hydrogens is 507 g/mol. The standard InChI is InChI=1S/C31H29FN6O2/c1-36(2)24-10-5-20(6-11-24)30(39)35-23-9-16-29-21(17-23)19-33-38(29)25-12-7-22(8-13-25)34-31(40)27-15-14-26(37(3)4)18-28(27)32/h5-19H,1-4H3,(H,34,40)(H,35,39). The molecule has 0 saturated carbocycles. The number of fused-ring (bicyclic) bond motifs is 1. The van der Waals surface area contributed by atoms with Crippen LogP contribution in [-0.4, -0.2) is 49.8 Å². The summed E-state index contributed by atoms with van der Waals surface area (Å²) in [5, 5.41) is 11.0. The molecule has 0 saturated heterocycles. The van der Waals surface area contributed by atoms with Gasteiger partial charge in [0.1, 0.15) is 5.82 Å². The maximum Gasteiger partial charge on any atom is 0.258 e. The van der Waals surface area contributed by atoms with Gasteiger partial charge in [0.2, 0.25) is 0 Å². The Morgan fingerprint density at radius 2 is 1.35 bits per heavy atom. The van der Waals surface area contributed by atoms with Crippen LogP contribution in [0.3, 0.4) is 0 Å². The van der Waals surface area contributed by atoms with Crippen molar-refractivity contribution in [2.75, 3.05) is 48.6 Å². The van der Waals surface area contributed by atoms with E-state index in [1.807, 2.05) is 75.6 Å². The lowest BCUT2D eigenvalue weighted by atomic mass is 10.1. The minimum Gasteiger partial charge on any atom is -0.378 e. The number of nitrogens with zero attached hydrogens (tertiary/aromatic N) is 4. The molecule has 0 radical (unpaired) electrons. The minimum atomic E-state index is -0.582. The second-order valence-electron chi connectivity index (χ2n) is 9.78. The van der Waals surface area contributed by atoms with E-state index in [2.05, 4.69) is 15.7 Å². The number of anilines is 4. The summed E-state index contributed by atoms with van der Waals surface area (Å²) >= 11 is 0. The van der Waals surface area contributed by atoms with Gasteiger partial charge in [0, 0.05) is 61.9 Å². The van der Waals surface area contributed by atoms with Crippen molar-refractivity contribution in [2.45, 2.75) is 0 Å². The average Bonchev–Trinajstić information content (AvgIpc) is 3.36. The topological polar surface area (TPSA) is 82.5 Å². The number of rotatable bonds is 7. The molecule has 5 aromatic rings. The van der Waals surface area contributed by atoms with Crippen molar-refractivity contribution in [1.29, 1.82) is 0 Å². The Kier molecular flexibility index (Phi) is 7.20. The summed E-state index contributed by atoms with van der Waals surface area (Å²) < 4.78 is 16.2. The highest BCUT2D eigenvalue weighted by atomic mass is 19.1. The van der Waals surface area contributed by atoms with Gasteiger partial charge < -0.3 is 20.4 Å². The van der Waals surface area contributed by atoms with Crippen LogP contribution in [-0.2, 0) is 0 Å².